The summed E-state index contributed by atoms with van der Waals surface area (Å²) in [6.07, 6.45) is -8.91. The lowest BCUT2D eigenvalue weighted by Gasteiger charge is -2.12. The maximum Gasteiger partial charge on any atom is 0.405 e. The number of nitrogens with zero attached hydrogens (tertiary/aromatic N) is 2. The molecule has 0 saturated heterocycles. The molecule has 1 aromatic carbocycles. The van der Waals surface area contributed by atoms with Gasteiger partial charge in [-0.1, -0.05) is 30.3 Å². The lowest BCUT2D eigenvalue weighted by atomic mass is 10.1. The highest BCUT2D eigenvalue weighted by Crippen LogP contribution is 2.12. The summed E-state index contributed by atoms with van der Waals surface area (Å²) < 4.78 is 73.2. The van der Waals surface area contributed by atoms with Crippen LogP contribution in [0.1, 0.15) is 12.5 Å². The summed E-state index contributed by atoms with van der Waals surface area (Å²) in [5.41, 5.74) is 5.39. The molecule has 1 rings (SSSR count). The largest absolute Gasteiger partial charge is 0.405 e. The van der Waals surface area contributed by atoms with Gasteiger partial charge in [0.25, 0.3) is 0 Å². The number of thiocarbonyl (C=S) groups is 2. The molecule has 160 valence electrons. The van der Waals surface area contributed by atoms with E-state index in [4.69, 9.17) is 24.4 Å². The van der Waals surface area contributed by atoms with Gasteiger partial charge in [-0.15, -0.1) is 0 Å². The van der Waals surface area contributed by atoms with Crippen LogP contribution < -0.4 is 21.5 Å². The maximum atomic E-state index is 12.2. The van der Waals surface area contributed by atoms with Crippen molar-refractivity contribution in [2.24, 2.45) is 10.2 Å². The average Bonchev–Trinajstić information content (AvgIpc) is 2.63. The highest BCUT2D eigenvalue weighted by atomic mass is 32.1. The van der Waals surface area contributed by atoms with Crippen molar-refractivity contribution in [3.63, 3.8) is 0 Å². The van der Waals surface area contributed by atoms with Crippen LogP contribution in [-0.2, 0) is 0 Å². The molecular formula is C15H16F6N6S2. The van der Waals surface area contributed by atoms with Crippen molar-refractivity contribution in [1.82, 2.24) is 21.5 Å². The molecule has 0 aromatic heterocycles. The summed E-state index contributed by atoms with van der Waals surface area (Å²) in [6.45, 7) is -1.21. The van der Waals surface area contributed by atoms with E-state index in [2.05, 4.69) is 21.1 Å². The van der Waals surface area contributed by atoms with Crippen molar-refractivity contribution in [3.05, 3.63) is 35.9 Å². The van der Waals surface area contributed by atoms with E-state index in [-0.39, 0.29) is 21.6 Å². The molecule has 1 aromatic rings. The number of rotatable bonds is 6. The summed E-state index contributed by atoms with van der Waals surface area (Å²) in [4.78, 5) is 0. The summed E-state index contributed by atoms with van der Waals surface area (Å²) in [6, 6.07) is 8.38. The Bertz CT molecular complexity index is 761. The van der Waals surface area contributed by atoms with Crippen molar-refractivity contribution in [2.45, 2.75) is 19.3 Å². The number of hydrogen-bond donors (Lipinski definition) is 4. The van der Waals surface area contributed by atoms with Crippen LogP contribution >= 0.6 is 24.4 Å². The van der Waals surface area contributed by atoms with E-state index in [1.54, 1.807) is 30.3 Å². The minimum atomic E-state index is -4.46. The molecule has 0 aliphatic carbocycles. The lowest BCUT2D eigenvalue weighted by Crippen LogP contribution is -2.40. The van der Waals surface area contributed by atoms with Gasteiger partial charge in [0, 0.05) is 5.56 Å². The summed E-state index contributed by atoms with van der Waals surface area (Å²) in [5, 5.41) is 10.9. The Labute approximate surface area is 172 Å². The Morgan fingerprint density at radius 3 is 1.72 bits per heavy atom. The number of halogens is 6. The SMILES string of the molecule is CC(=N\NC(=S)NCC(F)(F)F)/C(=N/NC(=S)NCC(F)(F)F)c1ccccc1. The lowest BCUT2D eigenvalue weighted by molar-refractivity contribution is -0.122. The molecule has 0 spiro atoms. The molecule has 0 saturated carbocycles. The standard InChI is InChI=1S/C15H16F6N6S2/c1-9(24-26-12(28)22-7-14(16,17)18)11(10-5-3-2-4-6-10)25-27-13(29)23-8-15(19,20)21/h2-6H,7-8H2,1H3,(H2,22,26,28)(H2,23,27,29)/b24-9+,25-11-. The molecule has 14 heteroatoms. The fourth-order valence-corrected chi connectivity index (χ4v) is 1.92. The van der Waals surface area contributed by atoms with Gasteiger partial charge in [0.15, 0.2) is 10.2 Å². The molecule has 0 unspecified atom stereocenters. The van der Waals surface area contributed by atoms with Crippen molar-refractivity contribution in [1.29, 1.82) is 0 Å². The Hall–Kier alpha value is -2.48. The first-order valence-electron chi connectivity index (χ1n) is 7.76. The average molecular weight is 458 g/mol. The van der Waals surface area contributed by atoms with Crippen LogP contribution in [0.15, 0.2) is 40.5 Å². The van der Waals surface area contributed by atoms with Gasteiger partial charge in [-0.05, 0) is 31.4 Å². The van der Waals surface area contributed by atoms with Gasteiger partial charge in [-0.2, -0.15) is 36.5 Å². The first-order chi connectivity index (χ1) is 13.4. The Morgan fingerprint density at radius 2 is 1.28 bits per heavy atom. The first-order valence-corrected chi connectivity index (χ1v) is 8.58. The predicted molar refractivity (Wildman–Crippen MR) is 106 cm³/mol. The van der Waals surface area contributed by atoms with E-state index in [0.29, 0.717) is 5.56 Å². The van der Waals surface area contributed by atoms with Crippen LogP contribution in [0.3, 0.4) is 0 Å². The van der Waals surface area contributed by atoms with Crippen molar-refractivity contribution in [2.75, 3.05) is 13.1 Å². The first kappa shape index (κ1) is 24.6. The van der Waals surface area contributed by atoms with Gasteiger partial charge in [-0.25, -0.2) is 0 Å². The van der Waals surface area contributed by atoms with Crippen molar-refractivity contribution < 1.29 is 26.3 Å². The van der Waals surface area contributed by atoms with E-state index >= 15 is 0 Å². The number of hydrazone groups is 2. The maximum absolute atomic E-state index is 12.2. The minimum Gasteiger partial charge on any atom is -0.352 e. The van der Waals surface area contributed by atoms with Gasteiger partial charge in [0.1, 0.15) is 18.8 Å². The summed E-state index contributed by atoms with van der Waals surface area (Å²) >= 11 is 9.43. The summed E-state index contributed by atoms with van der Waals surface area (Å²) in [7, 11) is 0. The van der Waals surface area contributed by atoms with E-state index < -0.39 is 25.4 Å². The highest BCUT2D eigenvalue weighted by molar-refractivity contribution is 7.80. The molecule has 0 atom stereocenters. The Morgan fingerprint density at radius 1 is 0.828 bits per heavy atom. The van der Waals surface area contributed by atoms with Crippen LogP contribution in [0, 0.1) is 0 Å². The van der Waals surface area contributed by atoms with Crippen LogP contribution in [0.25, 0.3) is 0 Å². The van der Waals surface area contributed by atoms with Crippen LogP contribution in [0.5, 0.6) is 0 Å². The van der Waals surface area contributed by atoms with Crippen molar-refractivity contribution in [3.8, 4) is 0 Å². The third-order valence-corrected chi connectivity index (χ3v) is 3.35. The smallest absolute Gasteiger partial charge is 0.352 e. The zero-order valence-corrected chi connectivity index (χ0v) is 16.4. The van der Waals surface area contributed by atoms with Gasteiger partial charge >= 0.3 is 12.4 Å². The molecule has 6 nitrogen and oxygen atoms in total. The topological polar surface area (TPSA) is 72.8 Å². The highest BCUT2D eigenvalue weighted by Gasteiger charge is 2.27. The number of nitrogens with one attached hydrogen (secondary N) is 4. The van der Waals surface area contributed by atoms with Crippen LogP contribution in [-0.4, -0.2) is 47.1 Å². The van der Waals surface area contributed by atoms with Crippen LogP contribution in [0.4, 0.5) is 26.3 Å². The zero-order valence-electron chi connectivity index (χ0n) is 14.8. The second-order valence-corrected chi connectivity index (χ2v) is 6.16. The molecule has 29 heavy (non-hydrogen) atoms. The second-order valence-electron chi connectivity index (χ2n) is 5.34. The molecule has 0 bridgehead atoms. The third kappa shape index (κ3) is 11.2. The van der Waals surface area contributed by atoms with E-state index in [1.807, 2.05) is 10.6 Å². The van der Waals surface area contributed by atoms with Crippen molar-refractivity contribution >= 4 is 46.1 Å². The van der Waals surface area contributed by atoms with Gasteiger partial charge in [-0.3, -0.25) is 10.9 Å². The number of hydrogen-bond acceptors (Lipinski definition) is 4. The fourth-order valence-electron chi connectivity index (χ4n) is 1.68. The van der Waals surface area contributed by atoms with E-state index in [1.165, 1.54) is 6.92 Å². The second kappa shape index (κ2) is 10.9. The molecule has 0 radical (unpaired) electrons. The zero-order chi connectivity index (χ0) is 22.1. The quantitative estimate of drug-likeness (QED) is 0.228. The molecule has 0 amide bonds. The molecule has 4 N–H and O–H groups in total. The minimum absolute atomic E-state index is 0.174. The number of alkyl halides is 6. The Balaban J connectivity index is 2.87. The molecule has 0 aliphatic heterocycles. The van der Waals surface area contributed by atoms with Gasteiger partial charge in [0.2, 0.25) is 0 Å². The van der Waals surface area contributed by atoms with E-state index in [0.717, 1.165) is 0 Å². The van der Waals surface area contributed by atoms with Crippen LogP contribution in [0.2, 0.25) is 0 Å². The fraction of sp³-hybridized carbons (Fsp3) is 0.333. The number of benzene rings is 1. The third-order valence-electron chi connectivity index (χ3n) is 2.88. The van der Waals surface area contributed by atoms with Gasteiger partial charge in [0.05, 0.1) is 5.71 Å². The molecule has 0 heterocycles. The monoisotopic (exact) mass is 458 g/mol. The predicted octanol–water partition coefficient (Wildman–Crippen LogP) is 2.82. The van der Waals surface area contributed by atoms with E-state index in [9.17, 15) is 26.3 Å². The normalized spacial score (nSPS) is 12.9. The molecule has 0 fully saturated rings. The molecule has 0 aliphatic rings. The summed E-state index contributed by atoms with van der Waals surface area (Å²) in [5.74, 6) is 0. The van der Waals surface area contributed by atoms with Gasteiger partial charge < -0.3 is 10.6 Å². The Kier molecular flexibility index (Phi) is 9.23. The molecular weight excluding hydrogens is 442 g/mol.